The molecule has 1 saturated heterocycles. The van der Waals surface area contributed by atoms with Crippen molar-refractivity contribution in [3.63, 3.8) is 0 Å². The molecule has 1 unspecified atom stereocenters. The van der Waals surface area contributed by atoms with E-state index >= 15 is 0 Å². The third-order valence-corrected chi connectivity index (χ3v) is 4.93. The molecule has 140 valence electrons. The predicted octanol–water partition coefficient (Wildman–Crippen LogP) is 3.54. The van der Waals surface area contributed by atoms with Crippen LogP contribution in [0.1, 0.15) is 55.8 Å². The average Bonchev–Trinajstić information content (AvgIpc) is 3.11. The summed E-state index contributed by atoms with van der Waals surface area (Å²) >= 11 is 5.99. The van der Waals surface area contributed by atoms with Crippen LogP contribution in [0.3, 0.4) is 0 Å². The summed E-state index contributed by atoms with van der Waals surface area (Å²) in [6.45, 7) is 11.1. The number of hydrogen-bond acceptors (Lipinski definition) is 5. The van der Waals surface area contributed by atoms with Gasteiger partial charge >= 0.3 is 0 Å². The number of aromatic nitrogens is 2. The van der Waals surface area contributed by atoms with E-state index < -0.39 is 0 Å². The minimum atomic E-state index is -0.135. The Hall–Kier alpha value is -1.92. The van der Waals surface area contributed by atoms with Crippen molar-refractivity contribution in [3.8, 4) is 0 Å². The van der Waals surface area contributed by atoms with Gasteiger partial charge in [0.05, 0.1) is 6.04 Å². The second-order valence-corrected chi connectivity index (χ2v) is 8.16. The molecule has 0 saturated carbocycles. The van der Waals surface area contributed by atoms with Gasteiger partial charge in [0, 0.05) is 42.2 Å². The van der Waals surface area contributed by atoms with E-state index in [2.05, 4.69) is 42.7 Å². The van der Waals surface area contributed by atoms with Crippen LogP contribution in [-0.2, 0) is 5.41 Å². The Kier molecular flexibility index (Phi) is 5.34. The number of carbonyl (C=O) groups excluding carboxylic acids is 1. The van der Waals surface area contributed by atoms with Crippen LogP contribution in [0.2, 0.25) is 5.02 Å². The lowest BCUT2D eigenvalue weighted by atomic mass is 9.96. The van der Waals surface area contributed by atoms with Gasteiger partial charge in [-0.25, -0.2) is 0 Å². The number of piperazine rings is 1. The highest BCUT2D eigenvalue weighted by Crippen LogP contribution is 2.25. The summed E-state index contributed by atoms with van der Waals surface area (Å²) in [5.74, 6) is 1.37. The molecule has 0 spiro atoms. The number of nitrogens with zero attached hydrogens (tertiary/aromatic N) is 4. The molecule has 0 radical (unpaired) electrons. The van der Waals surface area contributed by atoms with Crippen molar-refractivity contribution in [2.24, 2.45) is 0 Å². The molecule has 0 N–H and O–H groups in total. The van der Waals surface area contributed by atoms with Gasteiger partial charge in [0.2, 0.25) is 5.89 Å². The molecule has 1 aromatic carbocycles. The lowest BCUT2D eigenvalue weighted by molar-refractivity contribution is 0.0551. The molecule has 2 heterocycles. The molecular weight excluding hydrogens is 352 g/mol. The van der Waals surface area contributed by atoms with Gasteiger partial charge in [0.15, 0.2) is 5.82 Å². The van der Waals surface area contributed by atoms with Crippen LogP contribution < -0.4 is 0 Å². The van der Waals surface area contributed by atoms with Crippen LogP contribution in [-0.4, -0.2) is 52.0 Å². The lowest BCUT2D eigenvalue weighted by Gasteiger charge is -2.36. The second kappa shape index (κ2) is 7.37. The third-order valence-electron chi connectivity index (χ3n) is 4.69. The van der Waals surface area contributed by atoms with E-state index in [0.717, 1.165) is 13.1 Å². The molecule has 0 aliphatic carbocycles. The summed E-state index contributed by atoms with van der Waals surface area (Å²) < 4.78 is 5.46. The molecular formula is C19H25ClN4O2. The fourth-order valence-corrected chi connectivity index (χ4v) is 3.17. The molecule has 26 heavy (non-hydrogen) atoms. The topological polar surface area (TPSA) is 62.5 Å². The summed E-state index contributed by atoms with van der Waals surface area (Å²) in [6.07, 6.45) is 0. The highest BCUT2D eigenvalue weighted by molar-refractivity contribution is 6.30. The molecule has 1 atom stereocenters. The summed E-state index contributed by atoms with van der Waals surface area (Å²) in [5, 5.41) is 4.68. The van der Waals surface area contributed by atoms with Crippen molar-refractivity contribution >= 4 is 17.5 Å². The second-order valence-electron chi connectivity index (χ2n) is 7.72. The molecule has 0 bridgehead atoms. The maximum absolute atomic E-state index is 12.6. The van der Waals surface area contributed by atoms with Crippen molar-refractivity contribution in [2.75, 3.05) is 26.2 Å². The summed E-state index contributed by atoms with van der Waals surface area (Å²) in [4.78, 5) is 21.3. The van der Waals surface area contributed by atoms with Gasteiger partial charge in [-0.3, -0.25) is 9.69 Å². The van der Waals surface area contributed by atoms with Crippen molar-refractivity contribution in [1.82, 2.24) is 19.9 Å². The molecule has 6 nitrogen and oxygen atoms in total. The van der Waals surface area contributed by atoms with Gasteiger partial charge < -0.3 is 9.42 Å². The van der Waals surface area contributed by atoms with Crippen molar-refractivity contribution in [3.05, 3.63) is 46.6 Å². The summed E-state index contributed by atoms with van der Waals surface area (Å²) in [7, 11) is 0. The first kappa shape index (κ1) is 18.9. The molecule has 1 aromatic heterocycles. The van der Waals surface area contributed by atoms with Gasteiger partial charge in [-0.05, 0) is 25.1 Å². The maximum Gasteiger partial charge on any atom is 0.253 e. The van der Waals surface area contributed by atoms with E-state index in [1.165, 1.54) is 0 Å². The van der Waals surface area contributed by atoms with Gasteiger partial charge in [-0.2, -0.15) is 4.98 Å². The normalized spacial score (nSPS) is 17.3. The zero-order chi connectivity index (χ0) is 18.9. The van der Waals surface area contributed by atoms with Gasteiger partial charge in [0.1, 0.15) is 0 Å². The molecule has 3 rings (SSSR count). The number of benzene rings is 1. The molecule has 1 aliphatic rings. The number of rotatable bonds is 3. The van der Waals surface area contributed by atoms with E-state index in [-0.39, 0.29) is 17.4 Å². The van der Waals surface area contributed by atoms with Crippen molar-refractivity contribution in [2.45, 2.75) is 39.2 Å². The van der Waals surface area contributed by atoms with Crippen molar-refractivity contribution < 1.29 is 9.32 Å². The van der Waals surface area contributed by atoms with Crippen LogP contribution in [0.25, 0.3) is 0 Å². The monoisotopic (exact) mass is 376 g/mol. The van der Waals surface area contributed by atoms with E-state index in [4.69, 9.17) is 16.1 Å². The SMILES string of the molecule is CC(c1nc(C(C)(C)C)no1)N1CCN(C(=O)c2cccc(Cl)c2)CC1. The smallest absolute Gasteiger partial charge is 0.253 e. The first-order valence-corrected chi connectivity index (χ1v) is 9.26. The quantitative estimate of drug-likeness (QED) is 0.819. The third kappa shape index (κ3) is 4.07. The molecule has 7 heteroatoms. The Bertz CT molecular complexity index is 776. The van der Waals surface area contributed by atoms with E-state index in [1.54, 1.807) is 24.3 Å². The zero-order valence-electron chi connectivity index (χ0n) is 15.7. The Morgan fingerprint density at radius 1 is 1.23 bits per heavy atom. The van der Waals surface area contributed by atoms with Crippen LogP contribution in [0.15, 0.2) is 28.8 Å². The minimum Gasteiger partial charge on any atom is -0.338 e. The zero-order valence-corrected chi connectivity index (χ0v) is 16.5. The van der Waals surface area contributed by atoms with Crippen LogP contribution in [0, 0.1) is 0 Å². The fraction of sp³-hybridized carbons (Fsp3) is 0.526. The Morgan fingerprint density at radius 2 is 1.92 bits per heavy atom. The largest absolute Gasteiger partial charge is 0.338 e. The number of hydrogen-bond donors (Lipinski definition) is 0. The van der Waals surface area contributed by atoms with Crippen LogP contribution in [0.5, 0.6) is 0 Å². The first-order chi connectivity index (χ1) is 12.3. The summed E-state index contributed by atoms with van der Waals surface area (Å²) in [6, 6.07) is 7.12. The highest BCUT2D eigenvalue weighted by Gasteiger charge is 2.29. The molecule has 1 aliphatic heterocycles. The number of amides is 1. The van der Waals surface area contributed by atoms with Crippen LogP contribution >= 0.6 is 11.6 Å². The lowest BCUT2D eigenvalue weighted by Crippen LogP contribution is -2.49. The van der Waals surface area contributed by atoms with E-state index in [9.17, 15) is 4.79 Å². The average molecular weight is 377 g/mol. The highest BCUT2D eigenvalue weighted by atomic mass is 35.5. The fourth-order valence-electron chi connectivity index (χ4n) is 2.98. The first-order valence-electron chi connectivity index (χ1n) is 8.88. The minimum absolute atomic E-state index is 0.0209. The Labute approximate surface area is 159 Å². The van der Waals surface area contributed by atoms with Crippen LogP contribution in [0.4, 0.5) is 0 Å². The summed E-state index contributed by atoms with van der Waals surface area (Å²) in [5.41, 5.74) is 0.495. The predicted molar refractivity (Wildman–Crippen MR) is 100 cm³/mol. The van der Waals surface area contributed by atoms with E-state index in [0.29, 0.717) is 35.4 Å². The van der Waals surface area contributed by atoms with Gasteiger partial charge in [-0.15, -0.1) is 0 Å². The van der Waals surface area contributed by atoms with Gasteiger partial charge in [0.25, 0.3) is 5.91 Å². The Morgan fingerprint density at radius 3 is 2.50 bits per heavy atom. The molecule has 1 fully saturated rings. The maximum atomic E-state index is 12.6. The number of halogens is 1. The number of carbonyl (C=O) groups is 1. The van der Waals surface area contributed by atoms with Gasteiger partial charge in [-0.1, -0.05) is 43.6 Å². The van der Waals surface area contributed by atoms with E-state index in [1.807, 2.05) is 4.90 Å². The Balaban J connectivity index is 1.61. The standard InChI is InChI=1S/C19H25ClN4O2/c1-13(16-21-18(22-26-16)19(2,3)4)23-8-10-24(11-9-23)17(25)14-6-5-7-15(20)12-14/h5-7,12-13H,8-11H2,1-4H3. The molecule has 1 amide bonds. The van der Waals surface area contributed by atoms with Crippen molar-refractivity contribution in [1.29, 1.82) is 0 Å². The molecule has 2 aromatic rings.